The van der Waals surface area contributed by atoms with Crippen molar-refractivity contribution in [2.24, 2.45) is 0 Å². The smallest absolute Gasteiger partial charge is 0.226 e. The highest BCUT2D eigenvalue weighted by atomic mass is 35.5. The Morgan fingerprint density at radius 3 is 2.43 bits per heavy atom. The number of ketones is 1. The van der Waals surface area contributed by atoms with Gasteiger partial charge >= 0.3 is 0 Å². The highest BCUT2D eigenvalue weighted by Gasteiger charge is 2.14. The number of benzene rings is 1. The molecule has 0 aliphatic heterocycles. The Bertz CT molecular complexity index is 988. The molecule has 0 aliphatic carbocycles. The van der Waals surface area contributed by atoms with Gasteiger partial charge in [-0.15, -0.1) is 0 Å². The normalized spacial score (nSPS) is 10.5. The second-order valence-electron chi connectivity index (χ2n) is 6.36. The minimum Gasteiger partial charge on any atom is -0.314 e. The van der Waals surface area contributed by atoms with Crippen LogP contribution >= 0.6 is 11.6 Å². The average molecular weight is 394 g/mol. The maximum atomic E-state index is 12.4. The summed E-state index contributed by atoms with van der Waals surface area (Å²) in [6.45, 7) is 1.81. The number of halogens is 1. The van der Waals surface area contributed by atoms with Crippen molar-refractivity contribution in [3.05, 3.63) is 77.2 Å². The number of rotatable bonds is 6. The summed E-state index contributed by atoms with van der Waals surface area (Å²) in [6.07, 6.45) is 5.63. The van der Waals surface area contributed by atoms with Crippen LogP contribution in [0.3, 0.4) is 0 Å². The molecule has 3 rings (SSSR count). The van der Waals surface area contributed by atoms with Crippen molar-refractivity contribution in [3.8, 4) is 11.3 Å². The van der Waals surface area contributed by atoms with Gasteiger partial charge in [-0.2, -0.15) is 0 Å². The van der Waals surface area contributed by atoms with Gasteiger partial charge in [0.05, 0.1) is 16.4 Å². The molecule has 28 heavy (non-hydrogen) atoms. The molecule has 0 spiro atoms. The lowest BCUT2D eigenvalue weighted by molar-refractivity contribution is -0.118. The van der Waals surface area contributed by atoms with Crippen molar-refractivity contribution in [1.82, 2.24) is 9.97 Å². The van der Waals surface area contributed by atoms with Crippen LogP contribution in [0.4, 0.5) is 5.69 Å². The van der Waals surface area contributed by atoms with Crippen LogP contribution in [0.25, 0.3) is 11.3 Å². The molecule has 1 amide bonds. The summed E-state index contributed by atoms with van der Waals surface area (Å²) >= 11 is 6.37. The van der Waals surface area contributed by atoms with Gasteiger partial charge < -0.3 is 4.90 Å². The molecular weight excluding hydrogens is 374 g/mol. The minimum atomic E-state index is -0.00941. The molecule has 6 heteroatoms. The van der Waals surface area contributed by atoms with E-state index in [1.165, 1.54) is 0 Å². The van der Waals surface area contributed by atoms with Crippen molar-refractivity contribution in [1.29, 1.82) is 0 Å². The summed E-state index contributed by atoms with van der Waals surface area (Å²) in [5.41, 5.74) is 3.65. The van der Waals surface area contributed by atoms with Crippen LogP contribution in [-0.4, -0.2) is 28.7 Å². The molecule has 2 heterocycles. The summed E-state index contributed by atoms with van der Waals surface area (Å²) < 4.78 is 0. The van der Waals surface area contributed by atoms with Gasteiger partial charge in [0.15, 0.2) is 5.78 Å². The van der Waals surface area contributed by atoms with Crippen LogP contribution in [0.15, 0.2) is 61.1 Å². The molecule has 0 bridgehead atoms. The van der Waals surface area contributed by atoms with Crippen LogP contribution in [-0.2, 0) is 11.2 Å². The zero-order valence-corrected chi connectivity index (χ0v) is 16.5. The summed E-state index contributed by atoms with van der Waals surface area (Å²) in [5, 5.41) is 0.474. The number of nitrogens with zero attached hydrogens (tertiary/aromatic N) is 3. The van der Waals surface area contributed by atoms with E-state index in [2.05, 4.69) is 9.97 Å². The summed E-state index contributed by atoms with van der Waals surface area (Å²) in [4.78, 5) is 34.2. The summed E-state index contributed by atoms with van der Waals surface area (Å²) in [7, 11) is 1.70. The molecule has 0 atom stereocenters. The number of hydrogen-bond donors (Lipinski definition) is 0. The van der Waals surface area contributed by atoms with E-state index in [1.807, 2.05) is 25.1 Å². The lowest BCUT2D eigenvalue weighted by atomic mass is 10.0. The molecule has 0 N–H and O–H groups in total. The molecule has 142 valence electrons. The number of hydrogen-bond acceptors (Lipinski definition) is 4. The maximum Gasteiger partial charge on any atom is 0.226 e. The fourth-order valence-corrected chi connectivity index (χ4v) is 3.13. The van der Waals surface area contributed by atoms with Gasteiger partial charge in [-0.3, -0.25) is 19.6 Å². The van der Waals surface area contributed by atoms with E-state index in [0.29, 0.717) is 34.8 Å². The number of pyridine rings is 2. The first-order valence-electron chi connectivity index (χ1n) is 8.94. The highest BCUT2D eigenvalue weighted by molar-refractivity contribution is 6.34. The van der Waals surface area contributed by atoms with Crippen molar-refractivity contribution in [2.75, 3.05) is 11.9 Å². The molecule has 0 unspecified atom stereocenters. The zero-order chi connectivity index (χ0) is 20.1. The number of amides is 1. The molecule has 3 aromatic rings. The second-order valence-corrected chi connectivity index (χ2v) is 6.77. The predicted octanol–water partition coefficient (Wildman–Crippen LogP) is 4.60. The maximum absolute atomic E-state index is 12.4. The third-order valence-corrected chi connectivity index (χ3v) is 4.78. The Balaban J connectivity index is 1.77. The lowest BCUT2D eigenvalue weighted by Crippen LogP contribution is -2.25. The van der Waals surface area contributed by atoms with E-state index in [4.69, 9.17) is 11.6 Å². The van der Waals surface area contributed by atoms with Crippen molar-refractivity contribution < 1.29 is 9.59 Å². The summed E-state index contributed by atoms with van der Waals surface area (Å²) in [6, 6.07) is 12.6. The molecular formula is C22H20ClN3O2. The quantitative estimate of drug-likeness (QED) is 0.574. The summed E-state index contributed by atoms with van der Waals surface area (Å²) in [5.74, 6) is -0.0110. The van der Waals surface area contributed by atoms with Crippen LogP contribution in [0.1, 0.15) is 29.3 Å². The first-order chi connectivity index (χ1) is 13.5. The first kappa shape index (κ1) is 19.7. The molecule has 2 aromatic heterocycles. The van der Waals surface area contributed by atoms with Crippen LogP contribution in [0, 0.1) is 0 Å². The largest absolute Gasteiger partial charge is 0.314 e. The molecule has 0 aliphatic rings. The van der Waals surface area contributed by atoms with Gasteiger partial charge in [0.2, 0.25) is 5.91 Å². The van der Waals surface area contributed by atoms with E-state index >= 15 is 0 Å². The van der Waals surface area contributed by atoms with Crippen molar-refractivity contribution in [2.45, 2.75) is 19.8 Å². The molecule has 0 fully saturated rings. The number of carbonyl (C=O) groups is 2. The fourth-order valence-electron chi connectivity index (χ4n) is 2.83. The van der Waals surface area contributed by atoms with Crippen LogP contribution in [0.5, 0.6) is 0 Å². The van der Waals surface area contributed by atoms with Gasteiger partial charge in [-0.05, 0) is 42.0 Å². The van der Waals surface area contributed by atoms with E-state index < -0.39 is 0 Å². The van der Waals surface area contributed by atoms with E-state index in [9.17, 15) is 9.59 Å². The Labute approximate surface area is 169 Å². The number of aromatic nitrogens is 2. The van der Waals surface area contributed by atoms with Crippen LogP contribution < -0.4 is 4.90 Å². The van der Waals surface area contributed by atoms with Crippen LogP contribution in [0.2, 0.25) is 5.02 Å². The standard InChI is InChI=1S/C22H20ClN3O2/c1-3-22(28)26(2)20-7-5-16(13-18(20)23)19-6-4-17(14-25-19)21(27)12-15-8-10-24-11-9-15/h4-11,13-14H,3,12H2,1-2H3. The third-order valence-electron chi connectivity index (χ3n) is 4.48. The number of anilines is 1. The SMILES string of the molecule is CCC(=O)N(C)c1ccc(-c2ccc(C(=O)Cc3ccncc3)cn2)cc1Cl. The van der Waals surface area contributed by atoms with E-state index in [-0.39, 0.29) is 11.7 Å². The number of Topliss-reactive ketones (excluding diaryl/α,β-unsaturated/α-hetero) is 1. The minimum absolute atomic E-state index is 0.00154. The van der Waals surface area contributed by atoms with Crippen molar-refractivity contribution >= 4 is 29.0 Å². The monoisotopic (exact) mass is 393 g/mol. The lowest BCUT2D eigenvalue weighted by Gasteiger charge is -2.18. The Morgan fingerprint density at radius 2 is 1.82 bits per heavy atom. The van der Waals surface area contributed by atoms with Crippen molar-refractivity contribution in [3.63, 3.8) is 0 Å². The molecule has 0 radical (unpaired) electrons. The third kappa shape index (κ3) is 4.43. The molecule has 1 aromatic carbocycles. The Kier molecular flexibility index (Phi) is 6.16. The molecule has 5 nitrogen and oxygen atoms in total. The highest BCUT2D eigenvalue weighted by Crippen LogP contribution is 2.30. The zero-order valence-electron chi connectivity index (χ0n) is 15.7. The Hall–Kier alpha value is -3.05. The van der Waals surface area contributed by atoms with E-state index in [1.54, 1.807) is 54.8 Å². The predicted molar refractivity (Wildman–Crippen MR) is 111 cm³/mol. The molecule has 0 saturated carbocycles. The average Bonchev–Trinajstić information content (AvgIpc) is 2.73. The van der Waals surface area contributed by atoms with Gasteiger partial charge in [0.25, 0.3) is 0 Å². The molecule has 0 saturated heterocycles. The van der Waals surface area contributed by atoms with Gasteiger partial charge in [0, 0.05) is 49.6 Å². The van der Waals surface area contributed by atoms with E-state index in [0.717, 1.165) is 11.1 Å². The fraction of sp³-hybridized carbons (Fsp3) is 0.182. The second kappa shape index (κ2) is 8.76. The van der Waals surface area contributed by atoms with Gasteiger partial charge in [-0.1, -0.05) is 24.6 Å². The Morgan fingerprint density at radius 1 is 1.07 bits per heavy atom. The topological polar surface area (TPSA) is 63.2 Å². The number of carbonyl (C=O) groups excluding carboxylic acids is 2. The first-order valence-corrected chi connectivity index (χ1v) is 9.32. The van der Waals surface area contributed by atoms with Gasteiger partial charge in [0.1, 0.15) is 0 Å². The van der Waals surface area contributed by atoms with Gasteiger partial charge in [-0.25, -0.2) is 0 Å².